The Morgan fingerprint density at radius 3 is 2.53 bits per heavy atom. The van der Waals surface area contributed by atoms with E-state index in [1.165, 1.54) is 0 Å². The van der Waals surface area contributed by atoms with Crippen LogP contribution in [0, 0.1) is 0 Å². The van der Waals surface area contributed by atoms with Gasteiger partial charge in [-0.3, -0.25) is 9.69 Å². The predicted octanol–water partition coefficient (Wildman–Crippen LogP) is 2.09. The first kappa shape index (κ1) is 23.4. The summed E-state index contributed by atoms with van der Waals surface area (Å²) in [5.41, 5.74) is 7.97. The Kier molecular flexibility index (Phi) is 8.33. The molecule has 32 heavy (non-hydrogen) atoms. The molecule has 3 N–H and O–H groups in total. The molecule has 0 aromatic heterocycles. The summed E-state index contributed by atoms with van der Waals surface area (Å²) in [4.78, 5) is 20.9. The van der Waals surface area contributed by atoms with Gasteiger partial charge in [0.05, 0.1) is 20.8 Å². The zero-order chi connectivity index (χ0) is 22.9. The number of hydrogen-bond donors (Lipinski definition) is 2. The quantitative estimate of drug-likeness (QED) is 0.483. The molecule has 1 aliphatic rings. The molecular weight excluding hydrogens is 406 g/mol. The fourth-order valence-electron chi connectivity index (χ4n) is 3.78. The fourth-order valence-corrected chi connectivity index (χ4v) is 3.78. The number of ether oxygens (including phenoxy) is 2. The molecule has 0 aliphatic carbocycles. The van der Waals surface area contributed by atoms with E-state index in [9.17, 15) is 4.79 Å². The number of piperazine rings is 1. The minimum absolute atomic E-state index is 0.425. The first-order chi connectivity index (χ1) is 15.5. The number of aliphatic imine (C=N–C) groups is 1. The van der Waals surface area contributed by atoms with E-state index in [2.05, 4.69) is 22.0 Å². The minimum atomic E-state index is -0.425. The van der Waals surface area contributed by atoms with Gasteiger partial charge in [0.2, 0.25) is 5.91 Å². The van der Waals surface area contributed by atoms with Crippen LogP contribution in [0.3, 0.4) is 0 Å². The molecule has 0 saturated carbocycles. The average Bonchev–Trinajstić information content (AvgIpc) is 2.82. The van der Waals surface area contributed by atoms with Gasteiger partial charge in [0.1, 0.15) is 11.5 Å². The monoisotopic (exact) mass is 439 g/mol. The van der Waals surface area contributed by atoms with Crippen LogP contribution in [0.15, 0.2) is 47.5 Å². The maximum absolute atomic E-state index is 11.4. The van der Waals surface area contributed by atoms with Gasteiger partial charge in [-0.25, -0.2) is 4.99 Å². The summed E-state index contributed by atoms with van der Waals surface area (Å²) >= 11 is 0. The standard InChI is InChI=1S/C24H33N5O3/c1-4-26-24(27-16-18-6-5-7-19(14-18)23(25)30)29-12-10-28(11-13-29)17-20-15-21(31-2)8-9-22(20)32-3/h5-9,14-15H,4,10-13,16-17H2,1-3H3,(H2,25,30)(H,26,27). The molecule has 0 unspecified atom stereocenters. The lowest BCUT2D eigenvalue weighted by atomic mass is 10.1. The van der Waals surface area contributed by atoms with Crippen LogP contribution in [0.5, 0.6) is 11.5 Å². The molecule has 1 aliphatic heterocycles. The van der Waals surface area contributed by atoms with Crippen molar-refractivity contribution in [2.75, 3.05) is 46.9 Å². The van der Waals surface area contributed by atoms with E-state index >= 15 is 0 Å². The molecule has 0 bridgehead atoms. The summed E-state index contributed by atoms with van der Waals surface area (Å²) in [6.07, 6.45) is 0. The van der Waals surface area contributed by atoms with Crippen LogP contribution in [-0.4, -0.2) is 68.6 Å². The summed E-state index contributed by atoms with van der Waals surface area (Å²) in [6, 6.07) is 13.2. The molecular formula is C24H33N5O3. The summed E-state index contributed by atoms with van der Waals surface area (Å²) in [6.45, 7) is 7.74. The third-order valence-electron chi connectivity index (χ3n) is 5.51. The maximum atomic E-state index is 11.4. The van der Waals surface area contributed by atoms with Gasteiger partial charge in [-0.2, -0.15) is 0 Å². The first-order valence-corrected chi connectivity index (χ1v) is 10.9. The highest BCUT2D eigenvalue weighted by atomic mass is 16.5. The molecule has 1 amide bonds. The van der Waals surface area contributed by atoms with Gasteiger partial charge < -0.3 is 25.4 Å². The van der Waals surface area contributed by atoms with E-state index in [4.69, 9.17) is 20.2 Å². The smallest absolute Gasteiger partial charge is 0.248 e. The largest absolute Gasteiger partial charge is 0.497 e. The molecule has 172 valence electrons. The van der Waals surface area contributed by atoms with Crippen molar-refractivity contribution in [3.05, 3.63) is 59.2 Å². The van der Waals surface area contributed by atoms with E-state index < -0.39 is 5.91 Å². The van der Waals surface area contributed by atoms with Crippen LogP contribution in [-0.2, 0) is 13.1 Å². The van der Waals surface area contributed by atoms with E-state index in [-0.39, 0.29) is 0 Å². The Labute approximate surface area is 190 Å². The highest BCUT2D eigenvalue weighted by molar-refractivity contribution is 5.92. The molecule has 0 spiro atoms. The van der Waals surface area contributed by atoms with Gasteiger partial charge in [-0.05, 0) is 42.8 Å². The van der Waals surface area contributed by atoms with Crippen LogP contribution in [0.2, 0.25) is 0 Å². The minimum Gasteiger partial charge on any atom is -0.497 e. The first-order valence-electron chi connectivity index (χ1n) is 10.9. The van der Waals surface area contributed by atoms with Crippen molar-refractivity contribution in [1.82, 2.24) is 15.1 Å². The number of benzene rings is 2. The Balaban J connectivity index is 1.62. The van der Waals surface area contributed by atoms with Crippen LogP contribution >= 0.6 is 0 Å². The van der Waals surface area contributed by atoms with Crippen molar-refractivity contribution in [2.45, 2.75) is 20.0 Å². The number of guanidine groups is 1. The van der Waals surface area contributed by atoms with Crippen molar-refractivity contribution < 1.29 is 14.3 Å². The number of nitrogens with two attached hydrogens (primary N) is 1. The van der Waals surface area contributed by atoms with Crippen molar-refractivity contribution in [3.8, 4) is 11.5 Å². The molecule has 1 saturated heterocycles. The topological polar surface area (TPSA) is 92.4 Å². The predicted molar refractivity (Wildman–Crippen MR) is 126 cm³/mol. The van der Waals surface area contributed by atoms with Gasteiger partial charge in [-0.1, -0.05) is 12.1 Å². The number of amides is 1. The Hall–Kier alpha value is -3.26. The van der Waals surface area contributed by atoms with Crippen LogP contribution < -0.4 is 20.5 Å². The summed E-state index contributed by atoms with van der Waals surface area (Å²) in [5.74, 6) is 2.17. The number of nitrogens with zero attached hydrogens (tertiary/aromatic N) is 3. The van der Waals surface area contributed by atoms with Crippen molar-refractivity contribution in [2.24, 2.45) is 10.7 Å². The number of hydrogen-bond acceptors (Lipinski definition) is 5. The molecule has 3 rings (SSSR count). The number of nitrogens with one attached hydrogen (secondary N) is 1. The third-order valence-corrected chi connectivity index (χ3v) is 5.51. The summed E-state index contributed by atoms with van der Waals surface area (Å²) in [5, 5.41) is 3.39. The lowest BCUT2D eigenvalue weighted by molar-refractivity contribution is 0.1000. The number of rotatable bonds is 8. The SMILES string of the molecule is CCNC(=NCc1cccc(C(N)=O)c1)N1CCN(Cc2cc(OC)ccc2OC)CC1. The fraction of sp³-hybridized carbons (Fsp3) is 0.417. The van der Waals surface area contributed by atoms with Crippen LogP contribution in [0.4, 0.5) is 0 Å². The highest BCUT2D eigenvalue weighted by Gasteiger charge is 2.21. The second-order valence-electron chi connectivity index (χ2n) is 7.68. The average molecular weight is 440 g/mol. The Morgan fingerprint density at radius 2 is 1.88 bits per heavy atom. The summed E-state index contributed by atoms with van der Waals surface area (Å²) in [7, 11) is 3.37. The Morgan fingerprint density at radius 1 is 1.09 bits per heavy atom. The maximum Gasteiger partial charge on any atom is 0.248 e. The lowest BCUT2D eigenvalue weighted by Crippen LogP contribution is -2.52. The molecule has 0 atom stereocenters. The zero-order valence-corrected chi connectivity index (χ0v) is 19.1. The molecule has 8 heteroatoms. The van der Waals surface area contributed by atoms with Crippen molar-refractivity contribution >= 4 is 11.9 Å². The van der Waals surface area contributed by atoms with Gasteiger partial charge in [0, 0.05) is 50.4 Å². The molecule has 2 aromatic rings. The van der Waals surface area contributed by atoms with Crippen molar-refractivity contribution in [3.63, 3.8) is 0 Å². The number of primary amides is 1. The molecule has 1 heterocycles. The zero-order valence-electron chi connectivity index (χ0n) is 19.1. The van der Waals surface area contributed by atoms with E-state index in [1.54, 1.807) is 26.4 Å². The van der Waals surface area contributed by atoms with Gasteiger partial charge in [-0.15, -0.1) is 0 Å². The van der Waals surface area contributed by atoms with Gasteiger partial charge in [0.15, 0.2) is 5.96 Å². The lowest BCUT2D eigenvalue weighted by Gasteiger charge is -2.36. The highest BCUT2D eigenvalue weighted by Crippen LogP contribution is 2.25. The summed E-state index contributed by atoms with van der Waals surface area (Å²) < 4.78 is 10.9. The number of carbonyl (C=O) groups excluding carboxylic acids is 1. The van der Waals surface area contributed by atoms with Crippen LogP contribution in [0.1, 0.15) is 28.4 Å². The molecule has 1 fully saturated rings. The van der Waals surface area contributed by atoms with E-state index in [0.29, 0.717) is 12.1 Å². The van der Waals surface area contributed by atoms with Crippen molar-refractivity contribution in [1.29, 1.82) is 0 Å². The Bertz CT molecular complexity index is 939. The van der Waals surface area contributed by atoms with Crippen LogP contribution in [0.25, 0.3) is 0 Å². The van der Waals surface area contributed by atoms with E-state index in [1.807, 2.05) is 30.3 Å². The molecule has 0 radical (unpaired) electrons. The second-order valence-corrected chi connectivity index (χ2v) is 7.68. The van der Waals surface area contributed by atoms with Gasteiger partial charge >= 0.3 is 0 Å². The van der Waals surface area contributed by atoms with Gasteiger partial charge in [0.25, 0.3) is 0 Å². The van der Waals surface area contributed by atoms with E-state index in [0.717, 1.165) is 67.9 Å². The third kappa shape index (κ3) is 6.13. The molecule has 2 aromatic carbocycles. The normalized spacial score (nSPS) is 14.8. The number of carbonyl (C=O) groups is 1. The second kappa shape index (κ2) is 11.4. The number of methoxy groups -OCH3 is 2. The molecule has 8 nitrogen and oxygen atoms in total.